The number of carbonyl (C=O) groups excluding carboxylic acids is 1. The quantitative estimate of drug-likeness (QED) is 0.590. The molecule has 0 saturated carbocycles. The molecule has 1 saturated heterocycles. The van der Waals surface area contributed by atoms with E-state index in [2.05, 4.69) is 37.7 Å². The second-order valence-electron chi connectivity index (χ2n) is 7.18. The lowest BCUT2D eigenvalue weighted by molar-refractivity contribution is -0.137. The maximum Gasteiger partial charge on any atom is 0.248 e. The van der Waals surface area contributed by atoms with E-state index in [0.29, 0.717) is 19.5 Å². The van der Waals surface area contributed by atoms with Crippen LogP contribution >= 0.6 is 11.3 Å². The van der Waals surface area contributed by atoms with Crippen LogP contribution in [0.5, 0.6) is 0 Å². The van der Waals surface area contributed by atoms with Crippen molar-refractivity contribution in [3.8, 4) is 0 Å². The van der Waals surface area contributed by atoms with Gasteiger partial charge in [0.05, 0.1) is 10.7 Å². The highest BCUT2D eigenvalue weighted by atomic mass is 32.1. The molecular weight excluding hydrogens is 386 g/mol. The van der Waals surface area contributed by atoms with E-state index in [0.717, 1.165) is 37.3 Å². The van der Waals surface area contributed by atoms with Crippen LogP contribution in [0.15, 0.2) is 42.0 Å². The summed E-state index contributed by atoms with van der Waals surface area (Å²) in [4.78, 5) is 22.2. The lowest BCUT2D eigenvalue weighted by Gasteiger charge is -2.36. The summed E-state index contributed by atoms with van der Waals surface area (Å²) >= 11 is 1.72. The van der Waals surface area contributed by atoms with Gasteiger partial charge < -0.3 is 4.90 Å². The van der Waals surface area contributed by atoms with Gasteiger partial charge in [-0.25, -0.2) is 9.67 Å². The first-order valence-corrected chi connectivity index (χ1v) is 10.8. The molecule has 1 unspecified atom stereocenters. The molecule has 2 aromatic heterocycles. The van der Waals surface area contributed by atoms with Crippen LogP contribution < -0.4 is 0 Å². The molecule has 1 fully saturated rings. The predicted octanol–water partition coefficient (Wildman–Crippen LogP) is 1.82. The van der Waals surface area contributed by atoms with Crippen LogP contribution in [0.25, 0.3) is 0 Å². The third-order valence-electron chi connectivity index (χ3n) is 5.21. The van der Waals surface area contributed by atoms with Crippen LogP contribution in [0.4, 0.5) is 0 Å². The maximum absolute atomic E-state index is 13.3. The van der Waals surface area contributed by atoms with Gasteiger partial charge in [0, 0.05) is 44.5 Å². The van der Waals surface area contributed by atoms with Gasteiger partial charge in [0.25, 0.3) is 0 Å². The first-order valence-electron chi connectivity index (χ1n) is 9.93. The third-order valence-corrected chi connectivity index (χ3v) is 6.25. The zero-order chi connectivity index (χ0) is 20.1. The van der Waals surface area contributed by atoms with Gasteiger partial charge in [0.1, 0.15) is 12.4 Å². The number of amides is 1. The Kier molecular flexibility index (Phi) is 6.26. The Bertz CT molecular complexity index is 904. The Morgan fingerprint density at radius 1 is 1.17 bits per heavy atom. The normalized spacial score (nSPS) is 16.1. The summed E-state index contributed by atoms with van der Waals surface area (Å²) in [5.74, 6) is 0.0720. The molecule has 1 aliphatic heterocycles. The van der Waals surface area contributed by atoms with Crippen molar-refractivity contribution < 1.29 is 4.79 Å². The maximum atomic E-state index is 13.3. The molecule has 0 spiro atoms. The summed E-state index contributed by atoms with van der Waals surface area (Å²) in [5, 5.41) is 14.8. The van der Waals surface area contributed by atoms with Crippen molar-refractivity contribution in [3.05, 3.63) is 58.3 Å². The van der Waals surface area contributed by atoms with Gasteiger partial charge in [-0.1, -0.05) is 37.3 Å². The average Bonchev–Trinajstić information content (AvgIpc) is 3.45. The SMILES string of the molecule is CCc1nc(CN2CCN(C(=O)C(Cc3ccccc3)n3cnnn3)CC2)cs1. The smallest absolute Gasteiger partial charge is 0.248 e. The first-order chi connectivity index (χ1) is 14.2. The minimum atomic E-state index is -0.426. The molecule has 152 valence electrons. The Morgan fingerprint density at radius 3 is 2.62 bits per heavy atom. The van der Waals surface area contributed by atoms with E-state index in [1.54, 1.807) is 16.0 Å². The number of nitrogens with zero attached hydrogens (tertiary/aromatic N) is 7. The molecule has 3 aromatic rings. The number of hydrogen-bond acceptors (Lipinski definition) is 7. The summed E-state index contributed by atoms with van der Waals surface area (Å²) in [6.07, 6.45) is 3.08. The minimum absolute atomic E-state index is 0.0720. The third kappa shape index (κ3) is 4.86. The van der Waals surface area contributed by atoms with Gasteiger partial charge in [0.2, 0.25) is 5.91 Å². The molecule has 29 heavy (non-hydrogen) atoms. The van der Waals surface area contributed by atoms with Crippen LogP contribution in [-0.2, 0) is 24.2 Å². The summed E-state index contributed by atoms with van der Waals surface area (Å²) in [7, 11) is 0. The average molecular weight is 412 g/mol. The summed E-state index contributed by atoms with van der Waals surface area (Å²) < 4.78 is 1.57. The molecule has 4 rings (SSSR count). The summed E-state index contributed by atoms with van der Waals surface area (Å²) in [5.41, 5.74) is 2.22. The van der Waals surface area contributed by atoms with Crippen molar-refractivity contribution in [1.82, 2.24) is 35.0 Å². The van der Waals surface area contributed by atoms with E-state index in [4.69, 9.17) is 0 Å². The van der Waals surface area contributed by atoms with Crippen molar-refractivity contribution in [1.29, 1.82) is 0 Å². The molecule has 0 N–H and O–H groups in total. The number of hydrogen-bond donors (Lipinski definition) is 0. The zero-order valence-electron chi connectivity index (χ0n) is 16.5. The van der Waals surface area contributed by atoms with Crippen LogP contribution in [0.2, 0.25) is 0 Å². The molecule has 3 heterocycles. The predicted molar refractivity (Wildman–Crippen MR) is 110 cm³/mol. The topological polar surface area (TPSA) is 80.0 Å². The van der Waals surface area contributed by atoms with Crippen LogP contribution in [0, 0.1) is 0 Å². The number of piperazine rings is 1. The monoisotopic (exact) mass is 411 g/mol. The highest BCUT2D eigenvalue weighted by Gasteiger charge is 2.30. The van der Waals surface area contributed by atoms with E-state index in [1.165, 1.54) is 11.3 Å². The Morgan fingerprint density at radius 2 is 1.97 bits per heavy atom. The molecule has 0 bridgehead atoms. The molecule has 1 atom stereocenters. The van der Waals surface area contributed by atoms with Crippen molar-refractivity contribution in [2.45, 2.75) is 32.4 Å². The summed E-state index contributed by atoms with van der Waals surface area (Å²) in [6, 6.07) is 9.57. The van der Waals surface area contributed by atoms with Crippen molar-refractivity contribution >= 4 is 17.2 Å². The Labute approximate surface area is 174 Å². The second kappa shape index (κ2) is 9.23. The number of benzene rings is 1. The van der Waals surface area contributed by atoms with Gasteiger partial charge in [-0.05, 0) is 22.4 Å². The van der Waals surface area contributed by atoms with E-state index in [1.807, 2.05) is 35.2 Å². The van der Waals surface area contributed by atoms with Crippen LogP contribution in [-0.4, -0.2) is 67.1 Å². The number of carbonyl (C=O) groups is 1. The standard InChI is InChI=1S/C20H25N7OS/c1-2-19-22-17(14-29-19)13-25-8-10-26(11-9-25)20(28)18(27-15-21-23-24-27)12-16-6-4-3-5-7-16/h3-7,14-15,18H,2,8-13H2,1H3. The van der Waals surface area contributed by atoms with Gasteiger partial charge in [-0.3, -0.25) is 9.69 Å². The van der Waals surface area contributed by atoms with Gasteiger partial charge >= 0.3 is 0 Å². The lowest BCUT2D eigenvalue weighted by Crippen LogP contribution is -2.50. The van der Waals surface area contributed by atoms with Gasteiger partial charge in [-0.15, -0.1) is 16.4 Å². The second-order valence-corrected chi connectivity index (χ2v) is 8.13. The van der Waals surface area contributed by atoms with E-state index in [-0.39, 0.29) is 5.91 Å². The lowest BCUT2D eigenvalue weighted by atomic mass is 10.0. The molecule has 9 heteroatoms. The molecular formula is C20H25N7OS. The molecule has 0 radical (unpaired) electrons. The van der Waals surface area contributed by atoms with Crippen molar-refractivity contribution in [2.24, 2.45) is 0 Å². The fraction of sp³-hybridized carbons (Fsp3) is 0.450. The summed E-state index contributed by atoms with van der Waals surface area (Å²) in [6.45, 7) is 6.08. The number of tetrazole rings is 1. The zero-order valence-corrected chi connectivity index (χ0v) is 17.3. The fourth-order valence-electron chi connectivity index (χ4n) is 3.59. The molecule has 1 aromatic carbocycles. The highest BCUT2D eigenvalue weighted by molar-refractivity contribution is 7.09. The van der Waals surface area contributed by atoms with Gasteiger partial charge in [0.15, 0.2) is 0 Å². The van der Waals surface area contributed by atoms with E-state index < -0.39 is 6.04 Å². The highest BCUT2D eigenvalue weighted by Crippen LogP contribution is 2.19. The van der Waals surface area contributed by atoms with Crippen molar-refractivity contribution in [2.75, 3.05) is 26.2 Å². The number of aromatic nitrogens is 5. The van der Waals surface area contributed by atoms with E-state index >= 15 is 0 Å². The fourth-order valence-corrected chi connectivity index (χ4v) is 4.33. The Hall–Kier alpha value is -2.65. The molecule has 1 amide bonds. The Balaban J connectivity index is 1.38. The van der Waals surface area contributed by atoms with Crippen molar-refractivity contribution in [3.63, 3.8) is 0 Å². The number of rotatable bonds is 7. The van der Waals surface area contributed by atoms with Crippen LogP contribution in [0.3, 0.4) is 0 Å². The minimum Gasteiger partial charge on any atom is -0.338 e. The van der Waals surface area contributed by atoms with Gasteiger partial charge in [-0.2, -0.15) is 0 Å². The molecule has 0 aliphatic carbocycles. The number of aryl methyl sites for hydroxylation is 1. The number of thiazole rings is 1. The first kappa shape index (κ1) is 19.7. The molecule has 1 aliphatic rings. The molecule has 8 nitrogen and oxygen atoms in total. The largest absolute Gasteiger partial charge is 0.338 e. The van der Waals surface area contributed by atoms with Crippen LogP contribution in [0.1, 0.15) is 29.2 Å². The van der Waals surface area contributed by atoms with E-state index in [9.17, 15) is 4.79 Å².